The van der Waals surface area contributed by atoms with Gasteiger partial charge in [0.05, 0.1) is 4.11 Å². The first-order valence-corrected chi connectivity index (χ1v) is 3.21. The van der Waals surface area contributed by atoms with Crippen LogP contribution in [0.4, 0.5) is 0 Å². The second kappa shape index (κ2) is 3.25. The molecule has 0 aliphatic heterocycles. The molecule has 0 radical (unpaired) electrons. The highest BCUT2D eigenvalue weighted by molar-refractivity contribution is 5.40. The molecule has 4 N–H and O–H groups in total. The maximum Gasteiger partial charge on any atom is 0.157 e. The molecule has 1 rings (SSSR count). The lowest BCUT2D eigenvalue weighted by molar-refractivity contribution is 0.403. The molecule has 0 fully saturated rings. The van der Waals surface area contributed by atoms with Gasteiger partial charge in [-0.3, -0.25) is 0 Å². The molecule has 3 heteroatoms. The minimum atomic E-state index is -0.722. The van der Waals surface area contributed by atoms with Crippen molar-refractivity contribution in [2.75, 3.05) is 6.54 Å². The Hall–Kier alpha value is -1.22. The van der Waals surface area contributed by atoms with Crippen LogP contribution in [0.15, 0.2) is 18.1 Å². The van der Waals surface area contributed by atoms with Gasteiger partial charge in [-0.2, -0.15) is 0 Å². The summed E-state index contributed by atoms with van der Waals surface area (Å²) in [6.45, 7) is 0.224. The van der Waals surface area contributed by atoms with Crippen LogP contribution in [0.25, 0.3) is 0 Å². The van der Waals surface area contributed by atoms with E-state index in [1.54, 1.807) is 0 Å². The van der Waals surface area contributed by atoms with Gasteiger partial charge in [-0.15, -0.1) is 0 Å². The first-order chi connectivity index (χ1) is 6.50. The topological polar surface area (TPSA) is 66.5 Å². The molecule has 0 heterocycles. The molecule has 0 saturated heterocycles. The Bertz CT molecular complexity index is 339. The fraction of sp³-hybridized carbons (Fsp3) is 0.250. The van der Waals surface area contributed by atoms with Crippen LogP contribution < -0.4 is 5.73 Å². The number of benzene rings is 1. The third-order valence-corrected chi connectivity index (χ3v) is 1.22. The average Bonchev–Trinajstić information content (AvgIpc) is 2.19. The van der Waals surface area contributed by atoms with E-state index in [1.165, 1.54) is 0 Å². The quantitative estimate of drug-likeness (QED) is 0.549. The Balaban J connectivity index is 3.43. The molecule has 3 nitrogen and oxygen atoms in total. The summed E-state index contributed by atoms with van der Waals surface area (Å²) in [5.74, 6) is -1.38. The summed E-state index contributed by atoms with van der Waals surface area (Å²) in [5, 5.41) is 18.4. The molecule has 0 bridgehead atoms. The van der Waals surface area contributed by atoms with Crippen LogP contribution in [0.2, 0.25) is 0 Å². The molecule has 0 unspecified atom stereocenters. The van der Waals surface area contributed by atoms with Gasteiger partial charge in [0.25, 0.3) is 0 Å². The van der Waals surface area contributed by atoms with Crippen LogP contribution in [0.3, 0.4) is 0 Å². The lowest BCUT2D eigenvalue weighted by Crippen LogP contribution is -2.02. The molecule has 0 spiro atoms. The van der Waals surface area contributed by atoms with Crippen LogP contribution >= 0.6 is 0 Å². The van der Waals surface area contributed by atoms with Gasteiger partial charge >= 0.3 is 0 Å². The number of phenolic OH excluding ortho intramolecular Hbond substituents is 2. The third kappa shape index (κ3) is 1.85. The molecular formula is C8H11NO2. The molecule has 0 aliphatic rings. The van der Waals surface area contributed by atoms with E-state index in [4.69, 9.17) is 15.0 Å². The molecular weight excluding hydrogens is 142 g/mol. The van der Waals surface area contributed by atoms with E-state index in [2.05, 4.69) is 0 Å². The van der Waals surface area contributed by atoms with Gasteiger partial charge in [0, 0.05) is 0 Å². The zero-order valence-corrected chi connectivity index (χ0v) is 5.89. The Morgan fingerprint density at radius 2 is 2.09 bits per heavy atom. The van der Waals surface area contributed by atoms with Crippen molar-refractivity contribution < 1.29 is 14.3 Å². The minimum Gasteiger partial charge on any atom is -0.504 e. The second-order valence-electron chi connectivity index (χ2n) is 2.09. The van der Waals surface area contributed by atoms with Gasteiger partial charge in [-0.1, -0.05) is 6.04 Å². The van der Waals surface area contributed by atoms with Gasteiger partial charge < -0.3 is 15.9 Å². The average molecular weight is 156 g/mol. The first-order valence-electron chi connectivity index (χ1n) is 4.71. The summed E-state index contributed by atoms with van der Waals surface area (Å²) < 4.78 is 22.1. The number of rotatable bonds is 2. The summed E-state index contributed by atoms with van der Waals surface area (Å²) >= 11 is 0. The molecule has 0 aliphatic carbocycles. The lowest BCUT2D eigenvalue weighted by atomic mass is 10.1. The van der Waals surface area contributed by atoms with Gasteiger partial charge in [-0.05, 0) is 30.6 Å². The largest absolute Gasteiger partial charge is 0.504 e. The van der Waals surface area contributed by atoms with Crippen LogP contribution in [0, 0.1) is 0 Å². The van der Waals surface area contributed by atoms with E-state index in [0.29, 0.717) is 0 Å². The molecule has 60 valence electrons. The van der Waals surface area contributed by atoms with E-state index in [9.17, 15) is 5.11 Å². The van der Waals surface area contributed by atoms with Crippen molar-refractivity contribution >= 4 is 0 Å². The van der Waals surface area contributed by atoms with Crippen molar-refractivity contribution in [1.29, 1.82) is 0 Å². The van der Waals surface area contributed by atoms with Crippen molar-refractivity contribution in [2.24, 2.45) is 5.73 Å². The maximum atomic E-state index is 9.24. The van der Waals surface area contributed by atoms with Gasteiger partial charge in [0.2, 0.25) is 0 Å². The Kier molecular flexibility index (Phi) is 1.37. The SMILES string of the molecule is [2H]c1c([2H])c(CCN)c([2H])c(O)c1O. The smallest absolute Gasteiger partial charge is 0.157 e. The van der Waals surface area contributed by atoms with Gasteiger partial charge in [0.15, 0.2) is 11.5 Å². The fourth-order valence-corrected chi connectivity index (χ4v) is 0.697. The Morgan fingerprint density at radius 3 is 2.73 bits per heavy atom. The molecule has 1 aromatic carbocycles. The number of hydrogen-bond acceptors (Lipinski definition) is 3. The Morgan fingerprint density at radius 1 is 1.36 bits per heavy atom. The summed E-state index contributed by atoms with van der Waals surface area (Å²) in [5.41, 5.74) is 5.45. The van der Waals surface area contributed by atoms with E-state index in [0.717, 1.165) is 0 Å². The molecule has 0 saturated carbocycles. The van der Waals surface area contributed by atoms with E-state index in [1.807, 2.05) is 0 Å². The van der Waals surface area contributed by atoms with Crippen molar-refractivity contribution in [3.63, 3.8) is 0 Å². The summed E-state index contributed by atoms with van der Waals surface area (Å²) in [4.78, 5) is 0. The standard InChI is InChI=1S/C8H11NO2/c9-4-3-6-1-2-7(10)8(11)5-6/h1-2,5,10-11H,3-4,9H2/i1D,2D,5D. The number of phenols is 2. The molecule has 0 amide bonds. The molecule has 0 aromatic heterocycles. The molecule has 0 atom stereocenters. The summed E-state index contributed by atoms with van der Waals surface area (Å²) in [7, 11) is 0. The minimum absolute atomic E-state index is 0.188. The van der Waals surface area contributed by atoms with E-state index in [-0.39, 0.29) is 30.6 Å². The monoisotopic (exact) mass is 156 g/mol. The van der Waals surface area contributed by atoms with Crippen LogP contribution in [0.1, 0.15) is 9.68 Å². The zero-order chi connectivity index (χ0) is 10.9. The van der Waals surface area contributed by atoms with Crippen molar-refractivity contribution in [2.45, 2.75) is 6.42 Å². The van der Waals surface area contributed by atoms with Crippen LogP contribution in [-0.2, 0) is 6.42 Å². The number of nitrogens with two attached hydrogens (primary N) is 1. The first kappa shape index (κ1) is 4.62. The summed E-state index contributed by atoms with van der Waals surface area (Å²) in [6, 6.07) is -1.05. The summed E-state index contributed by atoms with van der Waals surface area (Å²) in [6.07, 6.45) is 0.234. The zero-order valence-electron chi connectivity index (χ0n) is 8.89. The van der Waals surface area contributed by atoms with Crippen molar-refractivity contribution in [1.82, 2.24) is 0 Å². The normalized spacial score (nSPS) is 13.7. The number of hydrogen-bond donors (Lipinski definition) is 3. The van der Waals surface area contributed by atoms with Crippen LogP contribution in [0.5, 0.6) is 11.5 Å². The highest BCUT2D eigenvalue weighted by atomic mass is 16.3. The third-order valence-electron chi connectivity index (χ3n) is 1.22. The number of aromatic hydroxyl groups is 2. The molecule has 1 aromatic rings. The van der Waals surface area contributed by atoms with E-state index < -0.39 is 17.5 Å². The van der Waals surface area contributed by atoms with Gasteiger partial charge in [0.1, 0.15) is 0 Å². The lowest BCUT2D eigenvalue weighted by Gasteiger charge is -2.00. The van der Waals surface area contributed by atoms with Crippen molar-refractivity contribution in [3.05, 3.63) is 23.7 Å². The predicted octanol–water partition coefficient (Wildman–Crippen LogP) is 0.599. The fourth-order valence-electron chi connectivity index (χ4n) is 0.697. The highest BCUT2D eigenvalue weighted by Crippen LogP contribution is 2.24. The van der Waals surface area contributed by atoms with Crippen LogP contribution in [-0.4, -0.2) is 16.8 Å². The van der Waals surface area contributed by atoms with Gasteiger partial charge in [-0.25, -0.2) is 0 Å². The van der Waals surface area contributed by atoms with Crippen molar-refractivity contribution in [3.8, 4) is 11.5 Å². The maximum absolute atomic E-state index is 9.24. The Labute approximate surface area is 69.3 Å². The predicted molar refractivity (Wildman–Crippen MR) is 42.5 cm³/mol. The highest BCUT2D eigenvalue weighted by Gasteiger charge is 1.98. The second-order valence-corrected chi connectivity index (χ2v) is 2.09. The molecule has 11 heavy (non-hydrogen) atoms. The van der Waals surface area contributed by atoms with E-state index >= 15 is 0 Å².